The van der Waals surface area contributed by atoms with Gasteiger partial charge in [-0.15, -0.1) is 0 Å². The fourth-order valence-corrected chi connectivity index (χ4v) is 4.52. The summed E-state index contributed by atoms with van der Waals surface area (Å²) in [6, 6.07) is 3.36. The van der Waals surface area contributed by atoms with Gasteiger partial charge in [-0.3, -0.25) is 0 Å². The highest BCUT2D eigenvalue weighted by molar-refractivity contribution is 7.89. The van der Waals surface area contributed by atoms with E-state index in [2.05, 4.69) is 4.72 Å². The van der Waals surface area contributed by atoms with E-state index in [1.807, 2.05) is 13.8 Å². The van der Waals surface area contributed by atoms with E-state index in [4.69, 9.17) is 5.73 Å². The van der Waals surface area contributed by atoms with Crippen LogP contribution in [0.25, 0.3) is 0 Å². The second kappa shape index (κ2) is 4.46. The summed E-state index contributed by atoms with van der Waals surface area (Å²) >= 11 is 0. The maximum absolute atomic E-state index is 12.5. The monoisotopic (exact) mass is 294 g/mol. The molecule has 4 nitrogen and oxygen atoms in total. The van der Waals surface area contributed by atoms with Crippen molar-refractivity contribution >= 4 is 15.7 Å². The van der Waals surface area contributed by atoms with Crippen LogP contribution in [0.3, 0.4) is 0 Å². The number of nitrogens with one attached hydrogen (secondary N) is 1. The summed E-state index contributed by atoms with van der Waals surface area (Å²) in [5, 5.41) is 0. The number of sulfonamides is 1. The predicted molar refractivity (Wildman–Crippen MR) is 79.9 cm³/mol. The normalized spacial score (nSPS) is 20.9. The molecule has 2 fully saturated rings. The number of hydrogen-bond acceptors (Lipinski definition) is 3. The molecule has 0 unspecified atom stereocenters. The first kappa shape index (κ1) is 13.9. The highest BCUT2D eigenvalue weighted by Gasteiger charge is 2.53. The molecule has 2 saturated carbocycles. The number of nitrogen functional groups attached to an aromatic ring is 1. The highest BCUT2D eigenvalue weighted by Crippen LogP contribution is 2.60. The van der Waals surface area contributed by atoms with Gasteiger partial charge in [0.25, 0.3) is 0 Å². The number of anilines is 1. The summed E-state index contributed by atoms with van der Waals surface area (Å²) in [5.74, 6) is 0.744. The van der Waals surface area contributed by atoms with Crippen LogP contribution in [0, 0.1) is 25.2 Å². The molecule has 0 spiro atoms. The largest absolute Gasteiger partial charge is 0.399 e. The molecule has 1 aromatic rings. The summed E-state index contributed by atoms with van der Waals surface area (Å²) in [5.41, 5.74) is 8.23. The van der Waals surface area contributed by atoms with Gasteiger partial charge in [-0.1, -0.05) is 0 Å². The molecule has 20 heavy (non-hydrogen) atoms. The van der Waals surface area contributed by atoms with E-state index in [9.17, 15) is 8.42 Å². The molecule has 0 amide bonds. The minimum atomic E-state index is -3.46. The molecule has 2 aliphatic rings. The summed E-state index contributed by atoms with van der Waals surface area (Å²) < 4.78 is 27.8. The van der Waals surface area contributed by atoms with Crippen molar-refractivity contribution in [3.05, 3.63) is 23.3 Å². The Morgan fingerprint density at radius 1 is 1.30 bits per heavy atom. The molecule has 1 aromatic carbocycles. The van der Waals surface area contributed by atoms with Gasteiger partial charge in [0.1, 0.15) is 0 Å². The van der Waals surface area contributed by atoms with Crippen LogP contribution in [0.1, 0.15) is 36.8 Å². The van der Waals surface area contributed by atoms with Crippen molar-refractivity contribution in [2.24, 2.45) is 11.3 Å². The number of rotatable bonds is 5. The van der Waals surface area contributed by atoms with E-state index in [0.29, 0.717) is 17.1 Å². The van der Waals surface area contributed by atoms with E-state index in [1.165, 1.54) is 12.8 Å². The Bertz CT molecular complexity index is 644. The average molecular weight is 294 g/mol. The van der Waals surface area contributed by atoms with Gasteiger partial charge in [0.2, 0.25) is 10.0 Å². The topological polar surface area (TPSA) is 72.2 Å². The number of aryl methyl sites for hydroxylation is 1. The van der Waals surface area contributed by atoms with Gasteiger partial charge in [-0.25, -0.2) is 13.1 Å². The van der Waals surface area contributed by atoms with Crippen LogP contribution in [0.15, 0.2) is 17.0 Å². The third-order valence-corrected chi connectivity index (χ3v) is 6.41. The van der Waals surface area contributed by atoms with Gasteiger partial charge in [-0.2, -0.15) is 0 Å². The molecule has 3 rings (SSSR count). The number of nitrogens with two attached hydrogens (primary N) is 1. The molecular formula is C15H22N2O2S. The zero-order chi connectivity index (χ0) is 14.5. The fraction of sp³-hybridized carbons (Fsp3) is 0.600. The van der Waals surface area contributed by atoms with Crippen molar-refractivity contribution in [3.63, 3.8) is 0 Å². The van der Waals surface area contributed by atoms with Gasteiger partial charge < -0.3 is 5.73 Å². The van der Waals surface area contributed by atoms with Crippen LogP contribution in [-0.2, 0) is 10.0 Å². The van der Waals surface area contributed by atoms with Crippen LogP contribution >= 0.6 is 0 Å². The molecule has 0 radical (unpaired) electrons. The van der Waals surface area contributed by atoms with Crippen molar-refractivity contribution < 1.29 is 8.42 Å². The lowest BCUT2D eigenvalue weighted by molar-refractivity contribution is 0.432. The lowest BCUT2D eigenvalue weighted by Gasteiger charge is -2.17. The van der Waals surface area contributed by atoms with E-state index >= 15 is 0 Å². The van der Waals surface area contributed by atoms with E-state index in [1.54, 1.807) is 12.1 Å². The van der Waals surface area contributed by atoms with Gasteiger partial charge in [0.15, 0.2) is 0 Å². The molecular weight excluding hydrogens is 272 g/mol. The van der Waals surface area contributed by atoms with E-state index in [-0.39, 0.29) is 5.41 Å². The summed E-state index contributed by atoms with van der Waals surface area (Å²) in [6.07, 6.45) is 4.85. The molecule has 110 valence electrons. The lowest BCUT2D eigenvalue weighted by Crippen LogP contribution is -2.31. The molecule has 0 aliphatic heterocycles. The quantitative estimate of drug-likeness (QED) is 0.819. The highest BCUT2D eigenvalue weighted by atomic mass is 32.2. The maximum Gasteiger partial charge on any atom is 0.240 e. The van der Waals surface area contributed by atoms with Crippen LogP contribution in [0.5, 0.6) is 0 Å². The smallest absolute Gasteiger partial charge is 0.240 e. The first-order valence-electron chi connectivity index (χ1n) is 7.20. The standard InChI is InChI=1S/C15H22N2O2S/c1-10-7-13(16)8-14(11(10)2)20(18,19)17-9-15(5-6-15)12-3-4-12/h7-8,12,17H,3-6,9,16H2,1-2H3. The van der Waals surface area contributed by atoms with Crippen LogP contribution in [0.4, 0.5) is 5.69 Å². The zero-order valence-electron chi connectivity index (χ0n) is 12.1. The van der Waals surface area contributed by atoms with Crippen molar-refractivity contribution in [2.75, 3.05) is 12.3 Å². The van der Waals surface area contributed by atoms with E-state index in [0.717, 1.165) is 29.9 Å². The minimum absolute atomic E-state index is 0.260. The first-order valence-corrected chi connectivity index (χ1v) is 8.69. The molecule has 5 heteroatoms. The molecule has 0 atom stereocenters. The Hall–Kier alpha value is -1.07. The third-order valence-electron chi connectivity index (χ3n) is 4.88. The Labute approximate surface area is 120 Å². The summed E-state index contributed by atoms with van der Waals surface area (Å²) in [6.45, 7) is 4.29. The second-order valence-electron chi connectivity index (χ2n) is 6.42. The Balaban J connectivity index is 1.81. The van der Waals surface area contributed by atoms with E-state index < -0.39 is 10.0 Å². The molecule has 0 bridgehead atoms. The Morgan fingerprint density at radius 2 is 1.95 bits per heavy atom. The van der Waals surface area contributed by atoms with Gasteiger partial charge in [0, 0.05) is 12.2 Å². The van der Waals surface area contributed by atoms with Crippen LogP contribution < -0.4 is 10.5 Å². The average Bonchev–Trinajstić information content (AvgIpc) is 3.24. The van der Waals surface area contributed by atoms with Gasteiger partial charge in [0.05, 0.1) is 4.90 Å². The van der Waals surface area contributed by atoms with Crippen LogP contribution in [0.2, 0.25) is 0 Å². The second-order valence-corrected chi connectivity index (χ2v) is 8.16. The zero-order valence-corrected chi connectivity index (χ0v) is 12.9. The number of hydrogen-bond donors (Lipinski definition) is 2. The molecule has 0 saturated heterocycles. The third kappa shape index (κ3) is 2.44. The number of benzene rings is 1. The van der Waals surface area contributed by atoms with Gasteiger partial charge in [-0.05, 0) is 74.1 Å². The Kier molecular flexibility index (Phi) is 3.10. The molecule has 2 aliphatic carbocycles. The molecule has 0 heterocycles. The van der Waals surface area contributed by atoms with Crippen molar-refractivity contribution in [2.45, 2.75) is 44.4 Å². The molecule has 3 N–H and O–H groups in total. The summed E-state index contributed by atoms with van der Waals surface area (Å²) in [4.78, 5) is 0.321. The summed E-state index contributed by atoms with van der Waals surface area (Å²) in [7, 11) is -3.46. The predicted octanol–water partition coefficient (Wildman–Crippen LogP) is 2.35. The fourth-order valence-electron chi connectivity index (χ4n) is 3.04. The van der Waals surface area contributed by atoms with Crippen molar-refractivity contribution in [3.8, 4) is 0 Å². The lowest BCUT2D eigenvalue weighted by atomic mass is 10.0. The van der Waals surface area contributed by atoms with Crippen molar-refractivity contribution in [1.29, 1.82) is 0 Å². The minimum Gasteiger partial charge on any atom is -0.399 e. The van der Waals surface area contributed by atoms with Crippen molar-refractivity contribution in [1.82, 2.24) is 4.72 Å². The van der Waals surface area contributed by atoms with Crippen LogP contribution in [-0.4, -0.2) is 15.0 Å². The first-order chi connectivity index (χ1) is 9.34. The SMILES string of the molecule is Cc1cc(N)cc(S(=O)(=O)NCC2(C3CC3)CC2)c1C. The van der Waals surface area contributed by atoms with Gasteiger partial charge >= 0.3 is 0 Å². The molecule has 0 aromatic heterocycles. The Morgan fingerprint density at radius 3 is 2.50 bits per heavy atom. The maximum atomic E-state index is 12.5.